The maximum atomic E-state index is 12.4. The van der Waals surface area contributed by atoms with Crippen molar-refractivity contribution in [3.05, 3.63) is 39.9 Å². The second-order valence-electron chi connectivity index (χ2n) is 6.02. The summed E-state index contributed by atoms with van der Waals surface area (Å²) in [7, 11) is 0. The van der Waals surface area contributed by atoms with Crippen LogP contribution in [-0.4, -0.2) is 60.4 Å². The molecule has 1 aromatic carbocycles. The fourth-order valence-electron chi connectivity index (χ4n) is 2.67. The van der Waals surface area contributed by atoms with Gasteiger partial charge in [0.2, 0.25) is 11.8 Å². The Kier molecular flexibility index (Phi) is 8.13. The highest BCUT2D eigenvalue weighted by Crippen LogP contribution is 2.23. The Bertz CT molecular complexity index is 736. The monoisotopic (exact) mass is 412 g/mol. The summed E-state index contributed by atoms with van der Waals surface area (Å²) in [6, 6.07) is 5.11. The highest BCUT2D eigenvalue weighted by Gasteiger charge is 2.23. The number of nitrogens with zero attached hydrogens (tertiary/aromatic N) is 2. The molecule has 27 heavy (non-hydrogen) atoms. The summed E-state index contributed by atoms with van der Waals surface area (Å²) in [6.45, 7) is 3.52. The molecule has 0 saturated carbocycles. The average molecular weight is 413 g/mol. The Hall–Kier alpha value is -2.05. The van der Waals surface area contributed by atoms with Crippen LogP contribution < -0.4 is 0 Å². The second kappa shape index (κ2) is 10.3. The van der Waals surface area contributed by atoms with Gasteiger partial charge in [-0.05, 0) is 30.7 Å². The van der Waals surface area contributed by atoms with Gasteiger partial charge < -0.3 is 14.5 Å². The molecule has 146 valence electrons. The van der Waals surface area contributed by atoms with Crippen LogP contribution in [0.1, 0.15) is 25.3 Å². The third-order valence-corrected chi connectivity index (χ3v) is 4.89. The average Bonchev–Trinajstić information content (AvgIpc) is 2.82. The van der Waals surface area contributed by atoms with Crippen LogP contribution in [0.15, 0.2) is 24.3 Å². The summed E-state index contributed by atoms with van der Waals surface area (Å²) in [5.41, 5.74) is 0.764. The molecular weight excluding hydrogens is 391 g/mol. The van der Waals surface area contributed by atoms with Gasteiger partial charge in [0.05, 0.1) is 23.1 Å². The van der Waals surface area contributed by atoms with E-state index in [1.807, 2.05) is 0 Å². The largest absolute Gasteiger partial charge is 0.466 e. The summed E-state index contributed by atoms with van der Waals surface area (Å²) in [6.07, 6.45) is 3.51. The number of ether oxygens (including phenoxy) is 1. The molecule has 0 aromatic heterocycles. The van der Waals surface area contributed by atoms with E-state index in [4.69, 9.17) is 27.9 Å². The van der Waals surface area contributed by atoms with Gasteiger partial charge in [0.1, 0.15) is 0 Å². The van der Waals surface area contributed by atoms with Gasteiger partial charge in [0.15, 0.2) is 0 Å². The van der Waals surface area contributed by atoms with E-state index in [9.17, 15) is 14.4 Å². The first-order valence-corrected chi connectivity index (χ1v) is 9.51. The number of halogens is 2. The summed E-state index contributed by atoms with van der Waals surface area (Å²) in [4.78, 5) is 39.3. The van der Waals surface area contributed by atoms with Crippen LogP contribution in [0.5, 0.6) is 0 Å². The zero-order valence-electron chi connectivity index (χ0n) is 15.1. The second-order valence-corrected chi connectivity index (χ2v) is 6.83. The van der Waals surface area contributed by atoms with Gasteiger partial charge in [-0.1, -0.05) is 29.3 Å². The highest BCUT2D eigenvalue weighted by atomic mass is 35.5. The van der Waals surface area contributed by atoms with Crippen molar-refractivity contribution in [2.24, 2.45) is 0 Å². The summed E-state index contributed by atoms with van der Waals surface area (Å²) in [5, 5.41) is 0.873. The zero-order valence-corrected chi connectivity index (χ0v) is 16.6. The quantitative estimate of drug-likeness (QED) is 0.531. The van der Waals surface area contributed by atoms with Crippen molar-refractivity contribution in [1.29, 1.82) is 0 Å². The molecule has 1 aromatic rings. The van der Waals surface area contributed by atoms with Gasteiger partial charge in [-0.2, -0.15) is 0 Å². The maximum absolute atomic E-state index is 12.4. The molecule has 0 atom stereocenters. The van der Waals surface area contributed by atoms with Crippen LogP contribution in [0.3, 0.4) is 0 Å². The number of amides is 2. The molecule has 0 spiro atoms. The molecular formula is C19H22Cl2N2O4. The van der Waals surface area contributed by atoms with Crippen LogP contribution in [0.2, 0.25) is 10.0 Å². The van der Waals surface area contributed by atoms with Crippen LogP contribution >= 0.6 is 23.2 Å². The molecule has 8 heteroatoms. The molecule has 2 rings (SSSR count). The smallest absolute Gasteiger partial charge is 0.307 e. The Morgan fingerprint density at radius 1 is 1.19 bits per heavy atom. The Morgan fingerprint density at radius 2 is 1.96 bits per heavy atom. The molecule has 1 saturated heterocycles. The predicted molar refractivity (Wildman–Crippen MR) is 105 cm³/mol. The summed E-state index contributed by atoms with van der Waals surface area (Å²) < 4.78 is 4.88. The maximum Gasteiger partial charge on any atom is 0.307 e. The number of hydrogen-bond donors (Lipinski definition) is 0. The minimum atomic E-state index is -0.327. The highest BCUT2D eigenvalue weighted by molar-refractivity contribution is 6.42. The van der Waals surface area contributed by atoms with Crippen molar-refractivity contribution in [3.63, 3.8) is 0 Å². The van der Waals surface area contributed by atoms with E-state index in [0.29, 0.717) is 42.8 Å². The number of carbonyl (C=O) groups is 3. The van der Waals surface area contributed by atoms with Crippen molar-refractivity contribution in [3.8, 4) is 0 Å². The third-order valence-electron chi connectivity index (χ3n) is 4.15. The standard InChI is InChI=1S/C19H22Cl2N2O4/c1-2-27-19(26)8-10-23-12-11-22(9-7-18(23)25)17(24)6-4-14-3-5-15(20)16(21)13-14/h3-6,13H,2,7-12H2,1H3. The van der Waals surface area contributed by atoms with E-state index in [1.165, 1.54) is 6.08 Å². The van der Waals surface area contributed by atoms with Gasteiger partial charge in [-0.15, -0.1) is 0 Å². The first-order valence-electron chi connectivity index (χ1n) is 8.76. The van der Waals surface area contributed by atoms with Crippen LogP contribution in [0.25, 0.3) is 6.08 Å². The van der Waals surface area contributed by atoms with Gasteiger partial charge in [0, 0.05) is 38.7 Å². The van der Waals surface area contributed by atoms with Crippen molar-refractivity contribution < 1.29 is 19.1 Å². The van der Waals surface area contributed by atoms with E-state index in [1.54, 1.807) is 41.0 Å². The molecule has 1 heterocycles. The van der Waals surface area contributed by atoms with Gasteiger partial charge in [-0.3, -0.25) is 14.4 Å². The third kappa shape index (κ3) is 6.56. The fourth-order valence-corrected chi connectivity index (χ4v) is 2.98. The van der Waals surface area contributed by atoms with E-state index >= 15 is 0 Å². The molecule has 0 radical (unpaired) electrons. The van der Waals surface area contributed by atoms with Crippen LogP contribution in [0.4, 0.5) is 0 Å². The van der Waals surface area contributed by atoms with E-state index in [2.05, 4.69) is 0 Å². The first kappa shape index (κ1) is 21.3. The Morgan fingerprint density at radius 3 is 2.67 bits per heavy atom. The van der Waals surface area contributed by atoms with Crippen LogP contribution in [-0.2, 0) is 19.1 Å². The molecule has 1 aliphatic rings. The molecule has 0 aliphatic carbocycles. The molecule has 2 amide bonds. The normalized spacial score (nSPS) is 15.1. The van der Waals surface area contributed by atoms with Crippen molar-refractivity contribution in [1.82, 2.24) is 9.80 Å². The first-order chi connectivity index (χ1) is 12.9. The van der Waals surface area contributed by atoms with E-state index < -0.39 is 0 Å². The Labute approximate surface area is 168 Å². The van der Waals surface area contributed by atoms with Gasteiger partial charge >= 0.3 is 5.97 Å². The minimum absolute atomic E-state index is 0.0666. The fraction of sp³-hybridized carbons (Fsp3) is 0.421. The van der Waals surface area contributed by atoms with Gasteiger partial charge in [0.25, 0.3) is 0 Å². The van der Waals surface area contributed by atoms with E-state index in [0.717, 1.165) is 5.56 Å². The zero-order chi connectivity index (χ0) is 19.8. The predicted octanol–water partition coefficient (Wildman–Crippen LogP) is 3.02. The lowest BCUT2D eigenvalue weighted by atomic mass is 10.2. The number of hydrogen-bond acceptors (Lipinski definition) is 4. The number of benzene rings is 1. The molecule has 6 nitrogen and oxygen atoms in total. The van der Waals surface area contributed by atoms with Gasteiger partial charge in [-0.25, -0.2) is 0 Å². The lowest BCUT2D eigenvalue weighted by Gasteiger charge is -2.21. The lowest BCUT2D eigenvalue weighted by molar-refractivity contribution is -0.144. The van der Waals surface area contributed by atoms with Crippen molar-refractivity contribution in [2.45, 2.75) is 19.8 Å². The summed E-state index contributed by atoms with van der Waals surface area (Å²) in [5.74, 6) is -0.573. The number of esters is 1. The summed E-state index contributed by atoms with van der Waals surface area (Å²) >= 11 is 11.8. The molecule has 0 N–H and O–H groups in total. The van der Waals surface area contributed by atoms with E-state index in [-0.39, 0.29) is 30.6 Å². The van der Waals surface area contributed by atoms with Crippen LogP contribution in [0, 0.1) is 0 Å². The van der Waals surface area contributed by atoms with Crippen molar-refractivity contribution in [2.75, 3.05) is 32.8 Å². The topological polar surface area (TPSA) is 66.9 Å². The molecule has 0 unspecified atom stereocenters. The SMILES string of the molecule is CCOC(=O)CCN1CCN(C(=O)C=Cc2ccc(Cl)c(Cl)c2)CCC1=O. The number of rotatable bonds is 6. The van der Waals surface area contributed by atoms with Crippen molar-refractivity contribution >= 4 is 47.1 Å². The molecule has 0 bridgehead atoms. The lowest BCUT2D eigenvalue weighted by Crippen LogP contribution is -2.36. The Balaban J connectivity index is 1.90. The minimum Gasteiger partial charge on any atom is -0.466 e. The number of carbonyl (C=O) groups excluding carboxylic acids is 3. The molecule has 1 aliphatic heterocycles. The molecule has 1 fully saturated rings.